The molecular weight excluding hydrogens is 221 g/mol. The smallest absolute Gasteiger partial charge is 0.335 e. The van der Waals surface area contributed by atoms with Crippen LogP contribution >= 0.6 is 0 Å². The molecular formula is C13H16FNO2. The number of carbonyl (C=O) groups is 1. The molecule has 1 aliphatic rings. The number of piperidine rings is 1. The highest BCUT2D eigenvalue weighted by atomic mass is 19.1. The highest BCUT2D eigenvalue weighted by Gasteiger charge is 2.31. The highest BCUT2D eigenvalue weighted by molar-refractivity contribution is 5.87. The minimum Gasteiger partial charge on any atom is -0.478 e. The van der Waals surface area contributed by atoms with Gasteiger partial charge in [-0.3, -0.25) is 0 Å². The second kappa shape index (κ2) is 4.84. The summed E-state index contributed by atoms with van der Waals surface area (Å²) in [5.74, 6) is -0.971. The maximum Gasteiger partial charge on any atom is 0.335 e. The third-order valence-corrected chi connectivity index (χ3v) is 3.12. The fraction of sp³-hybridized carbons (Fsp3) is 0.462. The normalized spacial score (nSPS) is 24.5. The molecule has 1 atom stereocenters. The largest absolute Gasteiger partial charge is 0.478 e. The first-order valence-corrected chi connectivity index (χ1v) is 5.81. The molecule has 0 bridgehead atoms. The number of carboxylic acid groups (broad SMARTS) is 1. The molecule has 0 radical (unpaired) electrons. The van der Waals surface area contributed by atoms with Crippen LogP contribution in [0.15, 0.2) is 24.3 Å². The number of aromatic carboxylic acids is 1. The van der Waals surface area contributed by atoms with Gasteiger partial charge in [0.15, 0.2) is 0 Å². The van der Waals surface area contributed by atoms with Crippen LogP contribution in [0.1, 0.15) is 28.8 Å². The Bertz CT molecular complexity index is 414. The number of alkyl halides is 1. The monoisotopic (exact) mass is 237 g/mol. The standard InChI is InChI=1S/C13H16FNO2/c14-13(5-2-6-15-9-13)8-10-3-1-4-11(7-10)12(16)17/h1,3-4,7,15H,2,5-6,8-9H2,(H,16,17). The first kappa shape index (κ1) is 12.0. The van der Waals surface area contributed by atoms with E-state index in [0.717, 1.165) is 18.5 Å². The Labute approximate surface area is 99.7 Å². The van der Waals surface area contributed by atoms with Gasteiger partial charge in [-0.15, -0.1) is 0 Å². The van der Waals surface area contributed by atoms with Crippen LogP contribution in [0, 0.1) is 0 Å². The van der Waals surface area contributed by atoms with Crippen LogP contribution in [0.5, 0.6) is 0 Å². The van der Waals surface area contributed by atoms with Gasteiger partial charge in [0.05, 0.1) is 5.56 Å². The number of benzene rings is 1. The van der Waals surface area contributed by atoms with Crippen LogP contribution in [-0.4, -0.2) is 29.8 Å². The Morgan fingerprint density at radius 2 is 2.35 bits per heavy atom. The molecule has 1 unspecified atom stereocenters. The molecule has 0 saturated carbocycles. The number of hydrogen-bond acceptors (Lipinski definition) is 2. The van der Waals surface area contributed by atoms with Gasteiger partial charge in [0.2, 0.25) is 0 Å². The van der Waals surface area contributed by atoms with Gasteiger partial charge in [-0.2, -0.15) is 0 Å². The van der Waals surface area contributed by atoms with Crippen LogP contribution in [0.25, 0.3) is 0 Å². The fourth-order valence-corrected chi connectivity index (χ4v) is 2.26. The molecule has 4 heteroatoms. The third kappa shape index (κ3) is 3.03. The van der Waals surface area contributed by atoms with Gasteiger partial charge < -0.3 is 10.4 Å². The molecule has 3 nitrogen and oxygen atoms in total. The van der Waals surface area contributed by atoms with E-state index in [9.17, 15) is 9.18 Å². The Balaban J connectivity index is 2.12. The molecule has 1 aromatic rings. The average Bonchev–Trinajstić information content (AvgIpc) is 2.29. The molecule has 2 N–H and O–H groups in total. The molecule has 1 aromatic carbocycles. The Morgan fingerprint density at radius 1 is 1.53 bits per heavy atom. The molecule has 0 aromatic heterocycles. The zero-order chi connectivity index (χ0) is 12.3. The van der Waals surface area contributed by atoms with Gasteiger partial charge in [-0.05, 0) is 37.1 Å². The number of hydrogen-bond donors (Lipinski definition) is 2. The van der Waals surface area contributed by atoms with Crippen molar-refractivity contribution in [3.63, 3.8) is 0 Å². The topological polar surface area (TPSA) is 49.3 Å². The summed E-state index contributed by atoms with van der Waals surface area (Å²) in [6, 6.07) is 6.52. The van der Waals surface area contributed by atoms with Crippen LogP contribution < -0.4 is 5.32 Å². The number of halogens is 1. The summed E-state index contributed by atoms with van der Waals surface area (Å²) in [4.78, 5) is 10.8. The average molecular weight is 237 g/mol. The maximum atomic E-state index is 14.4. The van der Waals surface area contributed by atoms with Gasteiger partial charge in [-0.25, -0.2) is 9.18 Å². The first-order valence-electron chi connectivity index (χ1n) is 5.81. The quantitative estimate of drug-likeness (QED) is 0.845. The lowest BCUT2D eigenvalue weighted by molar-refractivity contribution is 0.0696. The first-order chi connectivity index (χ1) is 8.09. The highest BCUT2D eigenvalue weighted by Crippen LogP contribution is 2.26. The second-order valence-electron chi connectivity index (χ2n) is 4.61. The molecule has 0 spiro atoms. The van der Waals surface area contributed by atoms with Crippen molar-refractivity contribution in [3.05, 3.63) is 35.4 Å². The minimum atomic E-state index is -1.24. The molecule has 0 aliphatic carbocycles. The minimum absolute atomic E-state index is 0.217. The zero-order valence-corrected chi connectivity index (χ0v) is 9.58. The number of rotatable bonds is 3. The van der Waals surface area contributed by atoms with Gasteiger partial charge in [0, 0.05) is 13.0 Å². The van der Waals surface area contributed by atoms with Crippen molar-refractivity contribution in [2.24, 2.45) is 0 Å². The summed E-state index contributed by atoms with van der Waals surface area (Å²) < 4.78 is 14.4. The molecule has 1 saturated heterocycles. The lowest BCUT2D eigenvalue weighted by atomic mass is 9.89. The van der Waals surface area contributed by atoms with Crippen LogP contribution in [0.3, 0.4) is 0 Å². The van der Waals surface area contributed by atoms with Crippen molar-refractivity contribution in [3.8, 4) is 0 Å². The predicted octanol–water partition coefficient (Wildman–Crippen LogP) is 2.02. The van der Waals surface area contributed by atoms with Gasteiger partial charge in [-0.1, -0.05) is 12.1 Å². The summed E-state index contributed by atoms with van der Waals surface area (Å²) in [6.07, 6.45) is 1.65. The molecule has 17 heavy (non-hydrogen) atoms. The van der Waals surface area contributed by atoms with E-state index in [1.165, 1.54) is 6.07 Å². The van der Waals surface area contributed by atoms with Gasteiger partial charge >= 0.3 is 5.97 Å². The second-order valence-corrected chi connectivity index (χ2v) is 4.61. The lowest BCUT2D eigenvalue weighted by Gasteiger charge is -2.30. The van der Waals surface area contributed by atoms with Crippen LogP contribution in [0.4, 0.5) is 4.39 Å². The summed E-state index contributed by atoms with van der Waals surface area (Å²) in [7, 11) is 0. The molecule has 2 rings (SSSR count). The molecule has 1 heterocycles. The molecule has 92 valence electrons. The maximum absolute atomic E-state index is 14.4. The fourth-order valence-electron chi connectivity index (χ4n) is 2.26. The number of nitrogens with one attached hydrogen (secondary N) is 1. The van der Waals surface area contributed by atoms with E-state index in [-0.39, 0.29) is 12.0 Å². The van der Waals surface area contributed by atoms with Crippen molar-refractivity contribution < 1.29 is 14.3 Å². The summed E-state index contributed by atoms with van der Waals surface area (Å²) in [5, 5.41) is 11.9. The summed E-state index contributed by atoms with van der Waals surface area (Å²) >= 11 is 0. The van der Waals surface area contributed by atoms with Crippen molar-refractivity contribution in [1.82, 2.24) is 5.32 Å². The van der Waals surface area contributed by atoms with Crippen molar-refractivity contribution >= 4 is 5.97 Å². The lowest BCUT2D eigenvalue weighted by Crippen LogP contribution is -2.43. The molecule has 1 fully saturated rings. The Kier molecular flexibility index (Phi) is 3.43. The van der Waals surface area contributed by atoms with E-state index in [2.05, 4.69) is 5.32 Å². The summed E-state index contributed by atoms with van der Waals surface area (Å²) in [6.45, 7) is 1.21. The van der Waals surface area contributed by atoms with Gasteiger partial charge in [0.25, 0.3) is 0 Å². The molecule has 1 aliphatic heterocycles. The summed E-state index contributed by atoms with van der Waals surface area (Å²) in [5.41, 5.74) is -0.277. The van der Waals surface area contributed by atoms with E-state index >= 15 is 0 Å². The van der Waals surface area contributed by atoms with E-state index in [4.69, 9.17) is 5.11 Å². The van der Waals surface area contributed by atoms with E-state index in [0.29, 0.717) is 13.0 Å². The van der Waals surface area contributed by atoms with Crippen molar-refractivity contribution in [2.45, 2.75) is 24.9 Å². The van der Waals surface area contributed by atoms with Crippen LogP contribution in [-0.2, 0) is 6.42 Å². The number of carboxylic acids is 1. The zero-order valence-electron chi connectivity index (χ0n) is 9.58. The van der Waals surface area contributed by atoms with Crippen LogP contribution in [0.2, 0.25) is 0 Å². The van der Waals surface area contributed by atoms with Crippen molar-refractivity contribution in [2.75, 3.05) is 13.1 Å². The SMILES string of the molecule is O=C(O)c1cccc(CC2(F)CCCNC2)c1. The van der Waals surface area contributed by atoms with E-state index < -0.39 is 11.6 Å². The van der Waals surface area contributed by atoms with E-state index in [1.54, 1.807) is 18.2 Å². The Morgan fingerprint density at radius 3 is 3.00 bits per heavy atom. The molecule has 0 amide bonds. The Hall–Kier alpha value is -1.42. The predicted molar refractivity (Wildman–Crippen MR) is 63.0 cm³/mol. The van der Waals surface area contributed by atoms with E-state index in [1.807, 2.05) is 0 Å². The van der Waals surface area contributed by atoms with Crippen molar-refractivity contribution in [1.29, 1.82) is 0 Å². The van der Waals surface area contributed by atoms with Gasteiger partial charge in [0.1, 0.15) is 5.67 Å². The third-order valence-electron chi connectivity index (χ3n) is 3.12.